The van der Waals surface area contributed by atoms with Crippen molar-refractivity contribution in [3.63, 3.8) is 0 Å². The molecule has 3 heteroatoms. The molecule has 1 heterocycles. The molecule has 0 bridgehead atoms. The van der Waals surface area contributed by atoms with Crippen molar-refractivity contribution in [3.05, 3.63) is 28.8 Å². The summed E-state index contributed by atoms with van der Waals surface area (Å²) < 4.78 is 1.23. The van der Waals surface area contributed by atoms with Crippen molar-refractivity contribution in [2.24, 2.45) is 0 Å². The molecular formula is C13H15NOS. The molecule has 0 unspecified atom stereocenters. The highest BCUT2D eigenvalue weighted by molar-refractivity contribution is 7.18. The fourth-order valence-electron chi connectivity index (χ4n) is 1.62. The highest BCUT2D eigenvalue weighted by Crippen LogP contribution is 2.27. The lowest BCUT2D eigenvalue weighted by molar-refractivity contribution is -0.107. The Hall–Kier alpha value is -1.22. The lowest BCUT2D eigenvalue weighted by Crippen LogP contribution is -1.86. The van der Waals surface area contributed by atoms with Crippen molar-refractivity contribution in [2.75, 3.05) is 0 Å². The van der Waals surface area contributed by atoms with Crippen LogP contribution in [0.1, 0.15) is 36.8 Å². The minimum Gasteiger partial charge on any atom is -0.303 e. The van der Waals surface area contributed by atoms with Gasteiger partial charge < -0.3 is 4.79 Å². The van der Waals surface area contributed by atoms with E-state index in [1.165, 1.54) is 15.3 Å². The van der Waals surface area contributed by atoms with Gasteiger partial charge in [0.2, 0.25) is 0 Å². The van der Waals surface area contributed by atoms with Crippen LogP contribution in [-0.2, 0) is 11.2 Å². The monoisotopic (exact) mass is 233 g/mol. The zero-order valence-corrected chi connectivity index (χ0v) is 10.4. The maximum absolute atomic E-state index is 10.3. The fraction of sp³-hybridized carbons (Fsp3) is 0.385. The number of nitrogens with zero attached hydrogens (tertiary/aromatic N) is 1. The zero-order valence-electron chi connectivity index (χ0n) is 9.56. The Morgan fingerprint density at radius 3 is 2.94 bits per heavy atom. The van der Waals surface area contributed by atoms with Gasteiger partial charge in [-0.3, -0.25) is 0 Å². The van der Waals surface area contributed by atoms with E-state index in [4.69, 9.17) is 0 Å². The van der Waals surface area contributed by atoms with Crippen LogP contribution < -0.4 is 0 Å². The van der Waals surface area contributed by atoms with Gasteiger partial charge in [0.15, 0.2) is 0 Å². The molecule has 2 nitrogen and oxygen atoms in total. The molecule has 2 rings (SSSR count). The summed E-state index contributed by atoms with van der Waals surface area (Å²) in [7, 11) is 0. The second-order valence-corrected chi connectivity index (χ2v) is 5.28. The van der Waals surface area contributed by atoms with E-state index in [-0.39, 0.29) is 0 Å². The standard InChI is InChI=1S/C13H15NOS/c1-9(2)13-14-11-8-10(4-3-7-15)5-6-12(11)16-13/h5-9H,3-4H2,1-2H3. The van der Waals surface area contributed by atoms with E-state index in [1.54, 1.807) is 11.3 Å². The van der Waals surface area contributed by atoms with Crippen LogP contribution in [-0.4, -0.2) is 11.3 Å². The summed E-state index contributed by atoms with van der Waals surface area (Å²) in [5.41, 5.74) is 2.26. The molecule has 0 spiro atoms. The van der Waals surface area contributed by atoms with Crippen LogP contribution in [0.15, 0.2) is 18.2 Å². The molecule has 0 N–H and O–H groups in total. The van der Waals surface area contributed by atoms with Crippen LogP contribution in [0.4, 0.5) is 0 Å². The number of carbonyl (C=O) groups excluding carboxylic acids is 1. The maximum Gasteiger partial charge on any atom is 0.120 e. The quantitative estimate of drug-likeness (QED) is 0.756. The molecular weight excluding hydrogens is 218 g/mol. The van der Waals surface area contributed by atoms with Crippen molar-refractivity contribution < 1.29 is 4.79 Å². The Morgan fingerprint density at radius 1 is 1.44 bits per heavy atom. The van der Waals surface area contributed by atoms with E-state index in [9.17, 15) is 4.79 Å². The Balaban J connectivity index is 2.34. The van der Waals surface area contributed by atoms with E-state index in [0.29, 0.717) is 12.3 Å². The van der Waals surface area contributed by atoms with E-state index < -0.39 is 0 Å². The van der Waals surface area contributed by atoms with Crippen molar-refractivity contribution in [3.8, 4) is 0 Å². The number of hydrogen-bond acceptors (Lipinski definition) is 3. The highest BCUT2D eigenvalue weighted by Gasteiger charge is 2.07. The van der Waals surface area contributed by atoms with Gasteiger partial charge in [-0.25, -0.2) is 4.98 Å². The molecule has 84 valence electrons. The summed E-state index contributed by atoms with van der Waals surface area (Å²) >= 11 is 1.76. The largest absolute Gasteiger partial charge is 0.303 e. The van der Waals surface area contributed by atoms with Crippen LogP contribution in [0, 0.1) is 0 Å². The molecule has 0 amide bonds. The van der Waals surface area contributed by atoms with Gasteiger partial charge in [-0.15, -0.1) is 11.3 Å². The van der Waals surface area contributed by atoms with Crippen LogP contribution in [0.3, 0.4) is 0 Å². The average molecular weight is 233 g/mol. The van der Waals surface area contributed by atoms with Crippen LogP contribution in [0.25, 0.3) is 10.2 Å². The first-order valence-electron chi connectivity index (χ1n) is 5.53. The predicted molar refractivity (Wildman–Crippen MR) is 68.1 cm³/mol. The third kappa shape index (κ3) is 2.30. The number of benzene rings is 1. The van der Waals surface area contributed by atoms with E-state index >= 15 is 0 Å². The highest BCUT2D eigenvalue weighted by atomic mass is 32.1. The molecule has 0 fully saturated rings. The first-order chi connectivity index (χ1) is 7.70. The molecule has 1 aromatic carbocycles. The molecule has 0 aliphatic rings. The van der Waals surface area contributed by atoms with Gasteiger partial charge in [0, 0.05) is 12.3 Å². The van der Waals surface area contributed by atoms with Gasteiger partial charge in [0.1, 0.15) is 6.29 Å². The summed E-state index contributed by atoms with van der Waals surface area (Å²) in [6, 6.07) is 6.30. The van der Waals surface area contributed by atoms with Gasteiger partial charge in [-0.05, 0) is 24.1 Å². The second-order valence-electron chi connectivity index (χ2n) is 4.21. The predicted octanol–water partition coefficient (Wildman–Crippen LogP) is 3.55. The van der Waals surface area contributed by atoms with Crippen molar-refractivity contribution in [1.29, 1.82) is 0 Å². The molecule has 1 aromatic heterocycles. The van der Waals surface area contributed by atoms with Crippen LogP contribution >= 0.6 is 11.3 Å². The normalized spacial score (nSPS) is 11.2. The number of fused-ring (bicyclic) bond motifs is 1. The Labute approximate surface area is 99.3 Å². The van der Waals surface area contributed by atoms with Crippen molar-refractivity contribution >= 4 is 27.8 Å². The number of aldehydes is 1. The van der Waals surface area contributed by atoms with Gasteiger partial charge >= 0.3 is 0 Å². The second kappa shape index (κ2) is 4.74. The van der Waals surface area contributed by atoms with Crippen molar-refractivity contribution in [1.82, 2.24) is 4.98 Å². The topological polar surface area (TPSA) is 30.0 Å². The first-order valence-corrected chi connectivity index (χ1v) is 6.35. The number of hydrogen-bond donors (Lipinski definition) is 0. The SMILES string of the molecule is CC(C)c1nc2cc(CCC=O)ccc2s1. The Kier molecular flexibility index (Phi) is 3.34. The minimum absolute atomic E-state index is 0.482. The number of aromatic nitrogens is 1. The molecule has 0 saturated heterocycles. The number of aryl methyl sites for hydroxylation is 1. The van der Waals surface area contributed by atoms with Gasteiger partial charge in [-0.1, -0.05) is 19.9 Å². The number of rotatable bonds is 4. The van der Waals surface area contributed by atoms with Gasteiger partial charge in [0.05, 0.1) is 15.2 Å². The summed E-state index contributed by atoms with van der Waals surface area (Å²) in [4.78, 5) is 14.9. The Morgan fingerprint density at radius 2 is 2.25 bits per heavy atom. The smallest absolute Gasteiger partial charge is 0.120 e. The molecule has 0 aliphatic carbocycles. The zero-order chi connectivity index (χ0) is 11.5. The third-order valence-electron chi connectivity index (χ3n) is 2.51. The van der Waals surface area contributed by atoms with E-state index in [2.05, 4.69) is 37.0 Å². The number of thiazole rings is 1. The lowest BCUT2D eigenvalue weighted by Gasteiger charge is -1.96. The number of carbonyl (C=O) groups is 1. The molecule has 16 heavy (non-hydrogen) atoms. The summed E-state index contributed by atoms with van der Waals surface area (Å²) in [6.07, 6.45) is 2.37. The van der Waals surface area contributed by atoms with Crippen LogP contribution in [0.5, 0.6) is 0 Å². The molecule has 0 atom stereocenters. The molecule has 0 radical (unpaired) electrons. The summed E-state index contributed by atoms with van der Waals surface area (Å²) in [6.45, 7) is 4.32. The third-order valence-corrected chi connectivity index (χ3v) is 3.85. The maximum atomic E-state index is 10.3. The van der Waals surface area contributed by atoms with Gasteiger partial charge in [0.25, 0.3) is 0 Å². The summed E-state index contributed by atoms with van der Waals surface area (Å²) in [5, 5.41) is 1.18. The molecule has 2 aromatic rings. The van der Waals surface area contributed by atoms with E-state index in [1.807, 2.05) is 0 Å². The first kappa shape index (κ1) is 11.3. The van der Waals surface area contributed by atoms with Gasteiger partial charge in [-0.2, -0.15) is 0 Å². The molecule has 0 aliphatic heterocycles. The average Bonchev–Trinajstić information content (AvgIpc) is 2.69. The Bertz CT molecular complexity index is 502. The lowest BCUT2D eigenvalue weighted by atomic mass is 10.1. The van der Waals surface area contributed by atoms with Crippen LogP contribution in [0.2, 0.25) is 0 Å². The fourth-order valence-corrected chi connectivity index (χ4v) is 2.57. The van der Waals surface area contributed by atoms with E-state index in [0.717, 1.165) is 18.2 Å². The summed E-state index contributed by atoms with van der Waals surface area (Å²) in [5.74, 6) is 0.482. The van der Waals surface area contributed by atoms with Crippen molar-refractivity contribution in [2.45, 2.75) is 32.6 Å². The minimum atomic E-state index is 0.482. The molecule has 0 saturated carbocycles.